The molecule has 0 saturated heterocycles. The Kier molecular flexibility index (Phi) is 4.09. The van der Waals surface area contributed by atoms with Crippen LogP contribution >= 0.6 is 0 Å². The van der Waals surface area contributed by atoms with Gasteiger partial charge in [-0.3, -0.25) is 4.79 Å². The first-order valence-electron chi connectivity index (χ1n) is 7.59. The van der Waals surface area contributed by atoms with Crippen LogP contribution in [0, 0.1) is 0 Å². The predicted molar refractivity (Wildman–Crippen MR) is 81.7 cm³/mol. The third-order valence-corrected chi connectivity index (χ3v) is 3.58. The highest BCUT2D eigenvalue weighted by Gasteiger charge is 2.17. The number of rotatable bonds is 5. The van der Waals surface area contributed by atoms with Crippen LogP contribution in [0.25, 0.3) is 0 Å². The second kappa shape index (κ2) is 6.17. The Labute approximate surface area is 129 Å². The standard InChI is InChI=1S/C16H20N4O2/c1-11(2)22-13-7-5-12(6-8-13)16(21)17-10-15-19-18-14-4-3-9-20(14)15/h5-8,11H,3-4,9-10H2,1-2H3,(H,17,21). The fraction of sp³-hybridized carbons (Fsp3) is 0.438. The van der Waals surface area contributed by atoms with Gasteiger partial charge in [0.1, 0.15) is 11.6 Å². The first-order chi connectivity index (χ1) is 10.6. The van der Waals surface area contributed by atoms with Crippen molar-refractivity contribution in [1.29, 1.82) is 0 Å². The number of carbonyl (C=O) groups is 1. The summed E-state index contributed by atoms with van der Waals surface area (Å²) in [6.07, 6.45) is 2.19. The SMILES string of the molecule is CC(C)Oc1ccc(C(=O)NCc2nnc3n2CCC3)cc1. The Morgan fingerprint density at radius 3 is 2.82 bits per heavy atom. The highest BCUT2D eigenvalue weighted by molar-refractivity contribution is 5.94. The Morgan fingerprint density at radius 2 is 2.09 bits per heavy atom. The fourth-order valence-corrected chi connectivity index (χ4v) is 2.56. The molecule has 0 atom stereocenters. The first-order valence-corrected chi connectivity index (χ1v) is 7.59. The summed E-state index contributed by atoms with van der Waals surface area (Å²) in [5.41, 5.74) is 0.609. The summed E-state index contributed by atoms with van der Waals surface area (Å²) in [4.78, 5) is 12.2. The highest BCUT2D eigenvalue weighted by atomic mass is 16.5. The minimum absolute atomic E-state index is 0.119. The van der Waals surface area contributed by atoms with Gasteiger partial charge in [-0.2, -0.15) is 0 Å². The van der Waals surface area contributed by atoms with Gasteiger partial charge in [0, 0.05) is 18.5 Å². The molecular weight excluding hydrogens is 280 g/mol. The Bertz CT molecular complexity index is 661. The van der Waals surface area contributed by atoms with E-state index in [-0.39, 0.29) is 12.0 Å². The van der Waals surface area contributed by atoms with Gasteiger partial charge in [0.05, 0.1) is 12.6 Å². The zero-order chi connectivity index (χ0) is 15.5. The number of carbonyl (C=O) groups excluding carboxylic acids is 1. The van der Waals surface area contributed by atoms with E-state index in [1.165, 1.54) is 0 Å². The van der Waals surface area contributed by atoms with Gasteiger partial charge in [-0.05, 0) is 44.5 Å². The number of aryl methyl sites for hydroxylation is 1. The number of aromatic nitrogens is 3. The summed E-state index contributed by atoms with van der Waals surface area (Å²) in [5, 5.41) is 11.1. The van der Waals surface area contributed by atoms with E-state index >= 15 is 0 Å². The molecule has 1 N–H and O–H groups in total. The largest absolute Gasteiger partial charge is 0.491 e. The molecular formula is C16H20N4O2. The molecule has 1 aromatic carbocycles. The minimum Gasteiger partial charge on any atom is -0.491 e. The number of amides is 1. The van der Waals surface area contributed by atoms with E-state index in [1.807, 2.05) is 26.0 Å². The molecule has 0 radical (unpaired) electrons. The molecule has 0 spiro atoms. The normalized spacial score (nSPS) is 13.2. The van der Waals surface area contributed by atoms with E-state index in [0.29, 0.717) is 12.1 Å². The third kappa shape index (κ3) is 3.10. The third-order valence-electron chi connectivity index (χ3n) is 3.58. The number of ether oxygens (including phenoxy) is 1. The minimum atomic E-state index is -0.119. The van der Waals surface area contributed by atoms with Crippen LogP contribution < -0.4 is 10.1 Å². The van der Waals surface area contributed by atoms with Crippen LogP contribution in [0.1, 0.15) is 42.3 Å². The van der Waals surface area contributed by atoms with Crippen LogP contribution in [-0.4, -0.2) is 26.8 Å². The zero-order valence-electron chi connectivity index (χ0n) is 12.9. The molecule has 1 amide bonds. The van der Waals surface area contributed by atoms with Crippen molar-refractivity contribution in [3.8, 4) is 5.75 Å². The first kappa shape index (κ1) is 14.6. The molecule has 0 aliphatic carbocycles. The van der Waals surface area contributed by atoms with Gasteiger partial charge in [0.25, 0.3) is 5.91 Å². The Balaban J connectivity index is 1.59. The lowest BCUT2D eigenvalue weighted by atomic mass is 10.2. The molecule has 0 unspecified atom stereocenters. The number of benzene rings is 1. The van der Waals surface area contributed by atoms with Crippen molar-refractivity contribution in [1.82, 2.24) is 20.1 Å². The summed E-state index contributed by atoms with van der Waals surface area (Å²) in [5.74, 6) is 2.48. The molecule has 1 aliphatic heterocycles. The van der Waals surface area contributed by atoms with Crippen LogP contribution in [0.3, 0.4) is 0 Å². The molecule has 116 valence electrons. The highest BCUT2D eigenvalue weighted by Crippen LogP contribution is 2.15. The Morgan fingerprint density at radius 1 is 1.32 bits per heavy atom. The van der Waals surface area contributed by atoms with Crippen LogP contribution in [0.5, 0.6) is 5.75 Å². The average molecular weight is 300 g/mol. The summed E-state index contributed by atoms with van der Waals surface area (Å²) in [7, 11) is 0. The van der Waals surface area contributed by atoms with Crippen LogP contribution in [-0.2, 0) is 19.5 Å². The molecule has 3 rings (SSSR count). The molecule has 2 aromatic rings. The van der Waals surface area contributed by atoms with Crippen molar-refractivity contribution in [2.45, 2.75) is 45.9 Å². The lowest BCUT2D eigenvalue weighted by molar-refractivity contribution is 0.0949. The van der Waals surface area contributed by atoms with Crippen LogP contribution in [0.2, 0.25) is 0 Å². The monoisotopic (exact) mass is 300 g/mol. The second-order valence-corrected chi connectivity index (χ2v) is 5.66. The van der Waals surface area contributed by atoms with E-state index in [0.717, 1.165) is 36.8 Å². The quantitative estimate of drug-likeness (QED) is 0.916. The summed E-state index contributed by atoms with van der Waals surface area (Å²) < 4.78 is 7.65. The van der Waals surface area contributed by atoms with Crippen molar-refractivity contribution in [3.05, 3.63) is 41.5 Å². The molecule has 0 bridgehead atoms. The summed E-state index contributed by atoms with van der Waals surface area (Å²) in [6.45, 7) is 5.28. The Hall–Kier alpha value is -2.37. The molecule has 6 heteroatoms. The van der Waals surface area contributed by atoms with Crippen molar-refractivity contribution in [3.63, 3.8) is 0 Å². The number of hydrogen-bond acceptors (Lipinski definition) is 4. The van der Waals surface area contributed by atoms with Gasteiger partial charge in [-0.1, -0.05) is 0 Å². The van der Waals surface area contributed by atoms with E-state index in [4.69, 9.17) is 4.74 Å². The molecule has 1 aromatic heterocycles. The molecule has 6 nitrogen and oxygen atoms in total. The van der Waals surface area contributed by atoms with Crippen molar-refractivity contribution >= 4 is 5.91 Å². The van der Waals surface area contributed by atoms with Gasteiger partial charge >= 0.3 is 0 Å². The van der Waals surface area contributed by atoms with E-state index in [2.05, 4.69) is 20.1 Å². The molecule has 2 heterocycles. The lowest BCUT2D eigenvalue weighted by Crippen LogP contribution is -2.24. The van der Waals surface area contributed by atoms with E-state index in [9.17, 15) is 4.79 Å². The molecule has 1 aliphatic rings. The topological polar surface area (TPSA) is 69.0 Å². The summed E-state index contributed by atoms with van der Waals surface area (Å²) >= 11 is 0. The van der Waals surface area contributed by atoms with Crippen LogP contribution in [0.4, 0.5) is 0 Å². The predicted octanol–water partition coefficient (Wildman–Crippen LogP) is 1.94. The smallest absolute Gasteiger partial charge is 0.251 e. The summed E-state index contributed by atoms with van der Waals surface area (Å²) in [6, 6.07) is 7.15. The number of nitrogens with one attached hydrogen (secondary N) is 1. The van der Waals surface area contributed by atoms with E-state index < -0.39 is 0 Å². The van der Waals surface area contributed by atoms with Gasteiger partial charge in [0.15, 0.2) is 5.82 Å². The van der Waals surface area contributed by atoms with Gasteiger partial charge in [0.2, 0.25) is 0 Å². The van der Waals surface area contributed by atoms with Gasteiger partial charge in [-0.15, -0.1) is 10.2 Å². The number of hydrogen-bond donors (Lipinski definition) is 1. The van der Waals surface area contributed by atoms with Crippen molar-refractivity contribution in [2.75, 3.05) is 0 Å². The van der Waals surface area contributed by atoms with Crippen molar-refractivity contribution < 1.29 is 9.53 Å². The average Bonchev–Trinajstić information content (AvgIpc) is 3.08. The zero-order valence-corrected chi connectivity index (χ0v) is 12.9. The number of nitrogens with zero attached hydrogens (tertiary/aromatic N) is 3. The van der Waals surface area contributed by atoms with Gasteiger partial charge < -0.3 is 14.6 Å². The fourth-order valence-electron chi connectivity index (χ4n) is 2.56. The van der Waals surface area contributed by atoms with Crippen molar-refractivity contribution in [2.24, 2.45) is 0 Å². The molecule has 0 fully saturated rings. The lowest BCUT2D eigenvalue weighted by Gasteiger charge is -2.10. The maximum absolute atomic E-state index is 12.2. The molecule has 22 heavy (non-hydrogen) atoms. The number of fused-ring (bicyclic) bond motifs is 1. The molecule has 0 saturated carbocycles. The van der Waals surface area contributed by atoms with E-state index in [1.54, 1.807) is 12.1 Å². The second-order valence-electron chi connectivity index (χ2n) is 5.66. The van der Waals surface area contributed by atoms with Crippen LogP contribution in [0.15, 0.2) is 24.3 Å². The maximum atomic E-state index is 12.2. The van der Waals surface area contributed by atoms with Gasteiger partial charge in [-0.25, -0.2) is 0 Å². The maximum Gasteiger partial charge on any atom is 0.251 e.